The highest BCUT2D eigenvalue weighted by Gasteiger charge is 2.18. The quantitative estimate of drug-likeness (QED) is 0.179. The maximum atomic E-state index is 5.16. The molecule has 0 saturated carbocycles. The molecule has 0 aliphatic carbocycles. The topological polar surface area (TPSA) is 22.8 Å². The zero-order valence-corrected chi connectivity index (χ0v) is 29.1. The smallest absolute Gasteiger partial charge is 0.0730 e. The Balaban J connectivity index is 1.17. The minimum Gasteiger partial charge on any atom is -0.309 e. The molecule has 0 radical (unpaired) electrons. The van der Waals surface area contributed by atoms with E-state index < -0.39 is 0 Å². The molecular formula is C49H35N3. The van der Waals surface area contributed by atoms with E-state index in [4.69, 9.17) is 4.98 Å². The molecule has 0 amide bonds. The van der Waals surface area contributed by atoms with Gasteiger partial charge < -0.3 is 9.13 Å². The highest BCUT2D eigenvalue weighted by Crippen LogP contribution is 2.39. The number of aryl methyl sites for hydroxylation is 2. The number of para-hydroxylation sites is 2. The third kappa shape index (κ3) is 4.93. The zero-order valence-electron chi connectivity index (χ0n) is 29.1. The molecule has 246 valence electrons. The minimum atomic E-state index is 0.952. The number of hydrogen-bond donors (Lipinski definition) is 0. The Bertz CT molecular complexity index is 2890. The van der Waals surface area contributed by atoms with Crippen molar-refractivity contribution in [2.24, 2.45) is 0 Å². The van der Waals surface area contributed by atoms with Crippen molar-refractivity contribution < 1.29 is 0 Å². The van der Waals surface area contributed by atoms with E-state index in [0.29, 0.717) is 0 Å². The van der Waals surface area contributed by atoms with E-state index in [9.17, 15) is 0 Å². The van der Waals surface area contributed by atoms with E-state index in [0.717, 1.165) is 28.2 Å². The molecule has 0 aliphatic heterocycles. The van der Waals surface area contributed by atoms with Gasteiger partial charge in [0.05, 0.1) is 39.1 Å². The van der Waals surface area contributed by atoms with E-state index >= 15 is 0 Å². The van der Waals surface area contributed by atoms with Crippen LogP contribution in [0.3, 0.4) is 0 Å². The summed E-state index contributed by atoms with van der Waals surface area (Å²) in [5, 5.41) is 4.97. The van der Waals surface area contributed by atoms with Crippen molar-refractivity contribution >= 4 is 43.6 Å². The summed E-state index contributed by atoms with van der Waals surface area (Å²) in [4.78, 5) is 5.16. The third-order valence-corrected chi connectivity index (χ3v) is 10.4. The molecule has 0 aliphatic rings. The first-order valence-electron chi connectivity index (χ1n) is 17.9. The highest BCUT2D eigenvalue weighted by atomic mass is 15.0. The lowest BCUT2D eigenvalue weighted by molar-refractivity contribution is 1.16. The Morgan fingerprint density at radius 2 is 0.731 bits per heavy atom. The second-order valence-electron chi connectivity index (χ2n) is 13.8. The third-order valence-electron chi connectivity index (χ3n) is 10.4. The molecule has 3 nitrogen and oxygen atoms in total. The number of aromatic nitrogens is 3. The molecule has 0 spiro atoms. The first-order chi connectivity index (χ1) is 25.6. The maximum absolute atomic E-state index is 5.16. The molecule has 0 atom stereocenters. The molecule has 0 saturated heterocycles. The normalized spacial score (nSPS) is 11.7. The van der Waals surface area contributed by atoms with Crippen LogP contribution in [-0.2, 0) is 0 Å². The summed E-state index contributed by atoms with van der Waals surface area (Å²) in [7, 11) is 0. The zero-order chi connectivity index (χ0) is 34.8. The second-order valence-corrected chi connectivity index (χ2v) is 13.8. The Labute approximate surface area is 302 Å². The van der Waals surface area contributed by atoms with Crippen LogP contribution in [0, 0.1) is 13.8 Å². The van der Waals surface area contributed by atoms with Gasteiger partial charge in [-0.3, -0.25) is 0 Å². The number of pyridine rings is 1. The average molecular weight is 666 g/mol. The molecule has 10 aromatic rings. The summed E-state index contributed by atoms with van der Waals surface area (Å²) in [6, 6.07) is 63.6. The lowest BCUT2D eigenvalue weighted by Gasteiger charge is -2.13. The van der Waals surface area contributed by atoms with Gasteiger partial charge in [0, 0.05) is 38.4 Å². The summed E-state index contributed by atoms with van der Waals surface area (Å²) in [5.41, 5.74) is 16.1. The van der Waals surface area contributed by atoms with E-state index in [1.54, 1.807) is 0 Å². The lowest BCUT2D eigenvalue weighted by atomic mass is 10.0. The number of benzene rings is 7. The molecule has 10 rings (SSSR count). The van der Waals surface area contributed by atoms with Crippen LogP contribution in [0.25, 0.3) is 88.6 Å². The van der Waals surface area contributed by atoms with Gasteiger partial charge >= 0.3 is 0 Å². The Hall–Kier alpha value is -6.71. The summed E-state index contributed by atoms with van der Waals surface area (Å²) >= 11 is 0. The molecule has 3 heteroatoms. The van der Waals surface area contributed by atoms with Crippen LogP contribution in [0.5, 0.6) is 0 Å². The van der Waals surface area contributed by atoms with Crippen LogP contribution in [0.1, 0.15) is 11.1 Å². The van der Waals surface area contributed by atoms with Gasteiger partial charge in [-0.25, -0.2) is 4.98 Å². The fourth-order valence-corrected chi connectivity index (χ4v) is 8.10. The number of fused-ring (bicyclic) bond motifs is 6. The van der Waals surface area contributed by atoms with Crippen molar-refractivity contribution in [2.75, 3.05) is 0 Å². The largest absolute Gasteiger partial charge is 0.309 e. The van der Waals surface area contributed by atoms with Gasteiger partial charge in [-0.2, -0.15) is 0 Å². The van der Waals surface area contributed by atoms with Gasteiger partial charge in [-0.1, -0.05) is 115 Å². The second kappa shape index (κ2) is 12.0. The maximum Gasteiger partial charge on any atom is 0.0730 e. The van der Waals surface area contributed by atoms with Crippen LogP contribution in [0.2, 0.25) is 0 Å². The standard InChI is InChI=1S/C49H35N3/c1-32-25-33(2)27-38(26-32)51-46-19-11-9-17-40(46)42-28-36(21-23-48(42)51)37-22-24-49-43(29-37)41-18-10-12-20-47(41)52(49)39-30-44(34-13-5-3-6-14-34)50-45(31-39)35-15-7-4-8-16-35/h3-31H,1-2H3. The SMILES string of the molecule is Cc1cc(C)cc(-n2c3ccccc3c3cc(-c4ccc5c(c4)c4ccccc4n5-c4cc(-c5ccccc5)nc(-c5ccccc5)c4)ccc32)c1. The molecular weight excluding hydrogens is 631 g/mol. The number of nitrogens with zero attached hydrogens (tertiary/aromatic N) is 3. The van der Waals surface area contributed by atoms with E-state index in [-0.39, 0.29) is 0 Å². The van der Waals surface area contributed by atoms with Gasteiger partial charge in [0.15, 0.2) is 0 Å². The van der Waals surface area contributed by atoms with Crippen LogP contribution < -0.4 is 0 Å². The predicted octanol–water partition coefficient (Wildman–Crippen LogP) is 12.9. The van der Waals surface area contributed by atoms with Crippen molar-refractivity contribution in [2.45, 2.75) is 13.8 Å². The van der Waals surface area contributed by atoms with Crippen molar-refractivity contribution in [3.8, 4) is 45.0 Å². The minimum absolute atomic E-state index is 0.952. The van der Waals surface area contributed by atoms with Crippen LogP contribution in [0.15, 0.2) is 176 Å². The Kier molecular flexibility index (Phi) is 6.94. The number of hydrogen-bond acceptors (Lipinski definition) is 1. The number of rotatable bonds is 5. The van der Waals surface area contributed by atoms with Crippen LogP contribution in [0.4, 0.5) is 0 Å². The average Bonchev–Trinajstić information content (AvgIpc) is 3.70. The Morgan fingerprint density at radius 3 is 1.21 bits per heavy atom. The fraction of sp³-hybridized carbons (Fsp3) is 0.0408. The molecule has 7 aromatic carbocycles. The molecule has 3 heterocycles. The van der Waals surface area contributed by atoms with E-state index in [1.165, 1.54) is 71.6 Å². The van der Waals surface area contributed by atoms with Gasteiger partial charge in [0.25, 0.3) is 0 Å². The first-order valence-corrected chi connectivity index (χ1v) is 17.9. The summed E-state index contributed by atoms with van der Waals surface area (Å²) in [5.74, 6) is 0. The van der Waals surface area contributed by atoms with Crippen molar-refractivity contribution in [3.05, 3.63) is 187 Å². The fourth-order valence-electron chi connectivity index (χ4n) is 8.10. The van der Waals surface area contributed by atoms with Crippen molar-refractivity contribution in [3.63, 3.8) is 0 Å². The van der Waals surface area contributed by atoms with Gasteiger partial charge in [0.1, 0.15) is 0 Å². The molecule has 0 fully saturated rings. The van der Waals surface area contributed by atoms with E-state index in [2.05, 4.69) is 199 Å². The predicted molar refractivity (Wildman–Crippen MR) is 219 cm³/mol. The highest BCUT2D eigenvalue weighted by molar-refractivity contribution is 6.12. The summed E-state index contributed by atoms with van der Waals surface area (Å²) < 4.78 is 4.81. The summed E-state index contributed by atoms with van der Waals surface area (Å²) in [6.45, 7) is 4.35. The first kappa shape index (κ1) is 30.1. The molecule has 0 unspecified atom stereocenters. The van der Waals surface area contributed by atoms with Crippen LogP contribution >= 0.6 is 0 Å². The van der Waals surface area contributed by atoms with Gasteiger partial charge in [-0.05, 0) is 96.8 Å². The summed E-state index contributed by atoms with van der Waals surface area (Å²) in [6.07, 6.45) is 0. The monoisotopic (exact) mass is 665 g/mol. The molecule has 3 aromatic heterocycles. The van der Waals surface area contributed by atoms with Crippen molar-refractivity contribution in [1.29, 1.82) is 0 Å². The van der Waals surface area contributed by atoms with Crippen LogP contribution in [-0.4, -0.2) is 14.1 Å². The lowest BCUT2D eigenvalue weighted by Crippen LogP contribution is -1.98. The molecule has 0 N–H and O–H groups in total. The van der Waals surface area contributed by atoms with Gasteiger partial charge in [-0.15, -0.1) is 0 Å². The molecule has 52 heavy (non-hydrogen) atoms. The van der Waals surface area contributed by atoms with E-state index in [1.807, 2.05) is 0 Å². The Morgan fingerprint density at radius 1 is 0.327 bits per heavy atom. The van der Waals surface area contributed by atoms with Gasteiger partial charge in [0.2, 0.25) is 0 Å². The molecule has 0 bridgehead atoms. The van der Waals surface area contributed by atoms with Crippen molar-refractivity contribution in [1.82, 2.24) is 14.1 Å².